The molecule has 0 bridgehead atoms. The quantitative estimate of drug-likeness (QED) is 0.836. The zero-order valence-electron chi connectivity index (χ0n) is 8.84. The zero-order chi connectivity index (χ0) is 11.3. The highest BCUT2D eigenvalue weighted by Gasteiger charge is 2.00. The maximum absolute atomic E-state index is 5.15. The van der Waals surface area contributed by atoms with Crippen molar-refractivity contribution in [2.45, 2.75) is 20.4 Å². The van der Waals surface area contributed by atoms with Crippen molar-refractivity contribution in [3.8, 4) is 0 Å². The third-order valence-electron chi connectivity index (χ3n) is 1.72. The summed E-state index contributed by atoms with van der Waals surface area (Å²) in [6.45, 7) is 6.03. The van der Waals surface area contributed by atoms with E-state index in [-0.39, 0.29) is 0 Å². The number of halogens is 1. The van der Waals surface area contributed by atoms with Gasteiger partial charge >= 0.3 is 0 Å². The molecule has 0 saturated heterocycles. The van der Waals surface area contributed by atoms with Crippen molar-refractivity contribution < 1.29 is 0 Å². The van der Waals surface area contributed by atoms with Gasteiger partial charge in [0.25, 0.3) is 0 Å². The van der Waals surface area contributed by atoms with E-state index < -0.39 is 0 Å². The van der Waals surface area contributed by atoms with Gasteiger partial charge in [-0.15, -0.1) is 11.3 Å². The summed E-state index contributed by atoms with van der Waals surface area (Å²) in [4.78, 5) is 1.27. The predicted molar refractivity (Wildman–Crippen MR) is 74.3 cm³/mol. The van der Waals surface area contributed by atoms with E-state index in [1.807, 2.05) is 6.07 Å². The summed E-state index contributed by atoms with van der Waals surface area (Å²) >= 11 is 10.3. The van der Waals surface area contributed by atoms with E-state index in [2.05, 4.69) is 46.5 Å². The molecule has 0 aliphatic carbocycles. The Hall–Kier alpha value is -0.130. The number of hydrogen-bond acceptors (Lipinski definition) is 2. The Kier molecular flexibility index (Phi) is 5.56. The van der Waals surface area contributed by atoms with E-state index >= 15 is 0 Å². The topological polar surface area (TPSA) is 24.1 Å². The lowest BCUT2D eigenvalue weighted by Crippen LogP contribution is -2.36. The molecule has 84 valence electrons. The number of thiocarbonyl (C=S) groups is 1. The van der Waals surface area contributed by atoms with Crippen LogP contribution in [0, 0.1) is 5.92 Å². The summed E-state index contributed by atoms with van der Waals surface area (Å²) in [7, 11) is 0. The van der Waals surface area contributed by atoms with Gasteiger partial charge in [0, 0.05) is 11.4 Å². The van der Waals surface area contributed by atoms with Crippen molar-refractivity contribution in [1.82, 2.24) is 10.6 Å². The maximum Gasteiger partial charge on any atom is 0.166 e. The Morgan fingerprint density at radius 1 is 1.47 bits per heavy atom. The van der Waals surface area contributed by atoms with Gasteiger partial charge in [0.1, 0.15) is 0 Å². The first-order valence-electron chi connectivity index (χ1n) is 4.84. The van der Waals surface area contributed by atoms with Crippen LogP contribution < -0.4 is 10.6 Å². The average molecular weight is 307 g/mol. The van der Waals surface area contributed by atoms with Crippen LogP contribution in [0.5, 0.6) is 0 Å². The minimum atomic E-state index is 0.612. The van der Waals surface area contributed by atoms with Crippen LogP contribution in [0.4, 0.5) is 0 Å². The summed E-state index contributed by atoms with van der Waals surface area (Å²) in [5.41, 5.74) is 0. The predicted octanol–water partition coefficient (Wildman–Crippen LogP) is 3.13. The van der Waals surface area contributed by atoms with E-state index in [0.717, 1.165) is 22.0 Å². The van der Waals surface area contributed by atoms with Crippen LogP contribution >= 0.6 is 39.5 Å². The minimum absolute atomic E-state index is 0.612. The van der Waals surface area contributed by atoms with Gasteiger partial charge in [-0.2, -0.15) is 0 Å². The van der Waals surface area contributed by atoms with Crippen molar-refractivity contribution in [3.05, 3.63) is 20.8 Å². The molecule has 0 spiro atoms. The van der Waals surface area contributed by atoms with Gasteiger partial charge in [0.2, 0.25) is 0 Å². The fourth-order valence-electron chi connectivity index (χ4n) is 0.973. The third kappa shape index (κ3) is 5.49. The molecule has 1 aromatic heterocycles. The second-order valence-electron chi connectivity index (χ2n) is 3.66. The normalized spacial score (nSPS) is 10.4. The van der Waals surface area contributed by atoms with E-state index in [4.69, 9.17) is 12.2 Å². The van der Waals surface area contributed by atoms with E-state index in [1.165, 1.54) is 4.88 Å². The molecule has 0 saturated carbocycles. The van der Waals surface area contributed by atoms with Crippen molar-refractivity contribution in [1.29, 1.82) is 0 Å². The minimum Gasteiger partial charge on any atom is -0.362 e. The highest BCUT2D eigenvalue weighted by atomic mass is 79.9. The van der Waals surface area contributed by atoms with Gasteiger partial charge in [-0.1, -0.05) is 13.8 Å². The molecule has 1 aromatic rings. The van der Waals surface area contributed by atoms with Crippen molar-refractivity contribution in [3.63, 3.8) is 0 Å². The lowest BCUT2D eigenvalue weighted by Gasteiger charge is -2.11. The monoisotopic (exact) mass is 306 g/mol. The van der Waals surface area contributed by atoms with Crippen LogP contribution in [0.2, 0.25) is 0 Å². The van der Waals surface area contributed by atoms with Crippen LogP contribution in [0.1, 0.15) is 18.7 Å². The number of nitrogens with one attached hydrogen (secondary N) is 2. The van der Waals surface area contributed by atoms with Gasteiger partial charge in [-0.3, -0.25) is 0 Å². The van der Waals surface area contributed by atoms with Crippen LogP contribution in [0.3, 0.4) is 0 Å². The van der Waals surface area contributed by atoms with Crippen molar-refractivity contribution >= 4 is 44.6 Å². The molecule has 0 aromatic carbocycles. The first-order valence-corrected chi connectivity index (χ1v) is 6.85. The summed E-state index contributed by atoms with van der Waals surface area (Å²) in [5.74, 6) is 0.612. The van der Waals surface area contributed by atoms with Crippen LogP contribution in [-0.4, -0.2) is 11.7 Å². The van der Waals surface area contributed by atoms with Crippen molar-refractivity contribution in [2.75, 3.05) is 6.54 Å². The molecular formula is C10H15BrN2S2. The fraction of sp³-hybridized carbons (Fsp3) is 0.500. The van der Waals surface area contributed by atoms with Gasteiger partial charge < -0.3 is 10.6 Å². The second kappa shape index (κ2) is 6.45. The molecule has 0 radical (unpaired) electrons. The molecule has 1 rings (SSSR count). The Morgan fingerprint density at radius 2 is 2.20 bits per heavy atom. The molecule has 0 amide bonds. The molecule has 15 heavy (non-hydrogen) atoms. The molecule has 0 aliphatic rings. The van der Waals surface area contributed by atoms with E-state index in [0.29, 0.717) is 5.92 Å². The molecule has 1 heterocycles. The molecule has 5 heteroatoms. The second-order valence-corrected chi connectivity index (χ2v) is 6.62. The molecule has 2 nitrogen and oxygen atoms in total. The van der Waals surface area contributed by atoms with Crippen LogP contribution in [0.15, 0.2) is 15.9 Å². The molecule has 0 unspecified atom stereocenters. The number of hydrogen-bond donors (Lipinski definition) is 2. The summed E-state index contributed by atoms with van der Waals surface area (Å²) in [5, 5.41) is 7.08. The van der Waals surface area contributed by atoms with E-state index in [9.17, 15) is 0 Å². The Bertz CT molecular complexity index is 323. The average Bonchev–Trinajstić information content (AvgIpc) is 2.58. The SMILES string of the molecule is CC(C)CNC(=S)NCc1ccc(Br)s1. The lowest BCUT2D eigenvalue weighted by atomic mass is 10.2. The lowest BCUT2D eigenvalue weighted by molar-refractivity contribution is 0.619. The third-order valence-corrected chi connectivity index (χ3v) is 3.64. The van der Waals surface area contributed by atoms with Crippen molar-refractivity contribution in [2.24, 2.45) is 5.92 Å². The largest absolute Gasteiger partial charge is 0.362 e. The van der Waals surface area contributed by atoms with Gasteiger partial charge in [-0.05, 0) is 46.2 Å². The number of rotatable bonds is 4. The highest BCUT2D eigenvalue weighted by molar-refractivity contribution is 9.11. The Labute approximate surface area is 109 Å². The van der Waals surface area contributed by atoms with Gasteiger partial charge in [0.05, 0.1) is 10.3 Å². The van der Waals surface area contributed by atoms with Gasteiger partial charge in [0.15, 0.2) is 5.11 Å². The highest BCUT2D eigenvalue weighted by Crippen LogP contribution is 2.21. The Morgan fingerprint density at radius 3 is 2.73 bits per heavy atom. The Balaban J connectivity index is 2.22. The standard InChI is InChI=1S/C10H15BrN2S2/c1-7(2)5-12-10(14)13-6-8-3-4-9(11)15-8/h3-4,7H,5-6H2,1-2H3,(H2,12,13,14). The molecular weight excluding hydrogens is 292 g/mol. The van der Waals surface area contributed by atoms with Crippen LogP contribution in [0.25, 0.3) is 0 Å². The molecule has 0 aliphatic heterocycles. The molecule has 0 fully saturated rings. The van der Waals surface area contributed by atoms with E-state index in [1.54, 1.807) is 11.3 Å². The first-order chi connectivity index (χ1) is 7.08. The first kappa shape index (κ1) is 12.9. The molecule has 2 N–H and O–H groups in total. The fourth-order valence-corrected chi connectivity index (χ4v) is 2.55. The zero-order valence-corrected chi connectivity index (χ0v) is 12.1. The summed E-state index contributed by atoms with van der Waals surface area (Å²) in [6, 6.07) is 4.14. The molecule has 0 atom stereocenters. The summed E-state index contributed by atoms with van der Waals surface area (Å²) < 4.78 is 1.15. The van der Waals surface area contributed by atoms with Gasteiger partial charge in [-0.25, -0.2) is 0 Å². The maximum atomic E-state index is 5.15. The number of thiophene rings is 1. The smallest absolute Gasteiger partial charge is 0.166 e. The summed E-state index contributed by atoms with van der Waals surface area (Å²) in [6.07, 6.45) is 0. The van der Waals surface area contributed by atoms with Crippen LogP contribution in [-0.2, 0) is 6.54 Å².